The van der Waals surface area contributed by atoms with Crippen molar-refractivity contribution in [2.45, 2.75) is 36.9 Å². The van der Waals surface area contributed by atoms with Crippen molar-refractivity contribution in [3.63, 3.8) is 0 Å². The van der Waals surface area contributed by atoms with Gasteiger partial charge in [0.15, 0.2) is 5.96 Å². The molecule has 0 atom stereocenters. The molecule has 0 radical (unpaired) electrons. The lowest BCUT2D eigenvalue weighted by atomic mass is 9.84. The minimum Gasteiger partial charge on any atom is -0.357 e. The van der Waals surface area contributed by atoms with Gasteiger partial charge in [0.05, 0.1) is 6.54 Å². The summed E-state index contributed by atoms with van der Waals surface area (Å²) in [6.07, 6.45) is 0. The summed E-state index contributed by atoms with van der Waals surface area (Å²) in [5.41, 5.74) is 0.587. The number of nitrogens with one attached hydrogen (secondary N) is 2. The lowest BCUT2D eigenvalue weighted by Crippen LogP contribution is -2.43. The highest BCUT2D eigenvalue weighted by molar-refractivity contribution is 14.0. The fourth-order valence-corrected chi connectivity index (χ4v) is 4.11. The zero-order valence-corrected chi connectivity index (χ0v) is 20.0. The van der Waals surface area contributed by atoms with Crippen LogP contribution in [-0.4, -0.2) is 27.5 Å². The lowest BCUT2D eigenvalue weighted by molar-refractivity contribution is 0.503. The summed E-state index contributed by atoms with van der Waals surface area (Å²) < 4.78 is 36.3. The third-order valence-corrected chi connectivity index (χ3v) is 6.47. The highest BCUT2D eigenvalue weighted by Crippen LogP contribution is 2.23. The van der Waals surface area contributed by atoms with Crippen LogP contribution in [0.4, 0.5) is 4.39 Å². The number of hydrogen-bond donors (Lipinski definition) is 3. The van der Waals surface area contributed by atoms with Gasteiger partial charge in [-0.2, -0.15) is 0 Å². The van der Waals surface area contributed by atoms with E-state index in [9.17, 15) is 12.8 Å². The quantitative estimate of drug-likeness (QED) is 0.286. The molecule has 4 N–H and O–H groups in total. The Labute approximate surface area is 186 Å². The zero-order chi connectivity index (χ0) is 20.1. The minimum atomic E-state index is -3.69. The fraction of sp³-hybridized carbons (Fsp3) is 0.389. The number of hydrogen-bond acceptors (Lipinski definition) is 4. The van der Waals surface area contributed by atoms with Crippen molar-refractivity contribution in [3.05, 3.63) is 52.7 Å². The molecule has 1 aromatic heterocycles. The number of nitrogens with zero attached hydrogens (tertiary/aromatic N) is 1. The minimum absolute atomic E-state index is 0. The van der Waals surface area contributed by atoms with Crippen molar-refractivity contribution in [1.29, 1.82) is 0 Å². The number of primary sulfonamides is 1. The van der Waals surface area contributed by atoms with Crippen LogP contribution >= 0.6 is 35.3 Å². The topological polar surface area (TPSA) is 96.6 Å². The molecule has 2 aromatic rings. The van der Waals surface area contributed by atoms with Crippen LogP contribution in [0.25, 0.3) is 0 Å². The molecule has 0 unspecified atom stereocenters. The summed E-state index contributed by atoms with van der Waals surface area (Å²) in [4.78, 5) is 5.28. The maximum atomic E-state index is 13.5. The SMILES string of the molecule is CCNC(=NCc1ccc(S(N)(=O)=O)s1)NCC(C)(C)c1cccc(F)c1.I. The summed E-state index contributed by atoms with van der Waals surface area (Å²) in [5, 5.41) is 11.5. The summed E-state index contributed by atoms with van der Waals surface area (Å²) in [6, 6.07) is 9.74. The number of rotatable bonds is 7. The lowest BCUT2D eigenvalue weighted by Gasteiger charge is -2.26. The molecule has 0 amide bonds. The van der Waals surface area contributed by atoms with Crippen LogP contribution in [0.2, 0.25) is 0 Å². The van der Waals surface area contributed by atoms with Gasteiger partial charge in [-0.05, 0) is 36.8 Å². The Kier molecular flexibility index (Phi) is 9.31. The van der Waals surface area contributed by atoms with Gasteiger partial charge in [-0.3, -0.25) is 0 Å². The molecule has 0 aliphatic rings. The molecule has 0 aliphatic heterocycles. The molecule has 0 bridgehead atoms. The molecule has 0 aliphatic carbocycles. The van der Waals surface area contributed by atoms with Crippen LogP contribution in [0.15, 0.2) is 45.6 Å². The summed E-state index contributed by atoms with van der Waals surface area (Å²) in [7, 11) is -3.69. The average molecular weight is 540 g/mol. The molecule has 6 nitrogen and oxygen atoms in total. The molecule has 1 aromatic carbocycles. The number of benzene rings is 1. The van der Waals surface area contributed by atoms with Gasteiger partial charge in [-0.25, -0.2) is 22.9 Å². The average Bonchev–Trinajstić information content (AvgIpc) is 3.07. The second-order valence-corrected chi connectivity index (χ2v) is 9.67. The first kappa shape index (κ1) is 24.8. The monoisotopic (exact) mass is 540 g/mol. The number of nitrogens with two attached hydrogens (primary N) is 1. The van der Waals surface area contributed by atoms with Gasteiger partial charge in [-0.15, -0.1) is 35.3 Å². The van der Waals surface area contributed by atoms with E-state index < -0.39 is 10.0 Å². The van der Waals surface area contributed by atoms with E-state index in [0.717, 1.165) is 21.8 Å². The zero-order valence-electron chi connectivity index (χ0n) is 16.0. The number of guanidine groups is 1. The molecule has 10 heteroatoms. The largest absolute Gasteiger partial charge is 0.357 e. The van der Waals surface area contributed by atoms with Gasteiger partial charge in [0, 0.05) is 23.4 Å². The second-order valence-electron chi connectivity index (χ2n) is 6.71. The smallest absolute Gasteiger partial charge is 0.247 e. The highest BCUT2D eigenvalue weighted by Gasteiger charge is 2.21. The molecule has 1 heterocycles. The van der Waals surface area contributed by atoms with E-state index in [4.69, 9.17) is 5.14 Å². The van der Waals surface area contributed by atoms with E-state index in [0.29, 0.717) is 25.6 Å². The standard InChI is InChI=1S/C18H25FN4O2S2.HI/c1-4-21-17(22-11-15-8-9-16(26-15)27(20,24)25)23-12-18(2,3)13-6-5-7-14(19)10-13;/h5-10H,4,11-12H2,1-3H3,(H2,20,24,25)(H2,21,22,23);1H. The van der Waals surface area contributed by atoms with E-state index >= 15 is 0 Å². The maximum Gasteiger partial charge on any atom is 0.247 e. The number of aliphatic imine (C=N–C) groups is 1. The predicted molar refractivity (Wildman–Crippen MR) is 123 cm³/mol. The van der Waals surface area contributed by atoms with Gasteiger partial charge in [-0.1, -0.05) is 26.0 Å². The summed E-state index contributed by atoms with van der Waals surface area (Å²) >= 11 is 1.10. The van der Waals surface area contributed by atoms with Crippen molar-refractivity contribution in [2.75, 3.05) is 13.1 Å². The van der Waals surface area contributed by atoms with E-state index in [-0.39, 0.29) is 39.4 Å². The van der Waals surface area contributed by atoms with Gasteiger partial charge in [0.25, 0.3) is 0 Å². The fourth-order valence-electron chi connectivity index (χ4n) is 2.41. The van der Waals surface area contributed by atoms with Crippen molar-refractivity contribution >= 4 is 51.3 Å². The Hall–Kier alpha value is -1.24. The predicted octanol–water partition coefficient (Wildman–Crippen LogP) is 3.19. The first-order valence-electron chi connectivity index (χ1n) is 8.51. The van der Waals surface area contributed by atoms with Crippen molar-refractivity contribution in [1.82, 2.24) is 10.6 Å². The molecule has 0 saturated heterocycles. The molecule has 28 heavy (non-hydrogen) atoms. The second kappa shape index (κ2) is 10.5. The van der Waals surface area contributed by atoms with Crippen LogP contribution in [0, 0.1) is 5.82 Å². The highest BCUT2D eigenvalue weighted by atomic mass is 127. The summed E-state index contributed by atoms with van der Waals surface area (Å²) in [6.45, 7) is 7.56. The van der Waals surface area contributed by atoms with Gasteiger partial charge >= 0.3 is 0 Å². The number of sulfonamides is 1. The Balaban J connectivity index is 0.00000392. The normalized spacial score (nSPS) is 12.4. The molecular weight excluding hydrogens is 514 g/mol. The van der Waals surface area contributed by atoms with Crippen LogP contribution < -0.4 is 15.8 Å². The van der Waals surface area contributed by atoms with Gasteiger partial charge in [0.2, 0.25) is 10.0 Å². The summed E-state index contributed by atoms with van der Waals surface area (Å²) in [5.74, 6) is 0.344. The van der Waals surface area contributed by atoms with Crippen LogP contribution in [0.5, 0.6) is 0 Å². The van der Waals surface area contributed by atoms with Crippen LogP contribution in [-0.2, 0) is 22.0 Å². The van der Waals surface area contributed by atoms with E-state index in [1.54, 1.807) is 12.1 Å². The molecule has 0 saturated carbocycles. The molecule has 0 fully saturated rings. The maximum absolute atomic E-state index is 13.5. The third kappa shape index (κ3) is 7.30. The number of halogens is 2. The molecule has 0 spiro atoms. The van der Waals surface area contributed by atoms with E-state index in [1.165, 1.54) is 18.2 Å². The third-order valence-electron chi connectivity index (χ3n) is 3.96. The Morgan fingerprint density at radius 1 is 1.25 bits per heavy atom. The van der Waals surface area contributed by atoms with Crippen molar-refractivity contribution < 1.29 is 12.8 Å². The molecule has 156 valence electrons. The van der Waals surface area contributed by atoms with Crippen molar-refractivity contribution in [3.8, 4) is 0 Å². The first-order valence-corrected chi connectivity index (χ1v) is 10.9. The van der Waals surface area contributed by atoms with Gasteiger partial charge < -0.3 is 10.6 Å². The Morgan fingerprint density at radius 2 is 1.96 bits per heavy atom. The number of thiophene rings is 1. The van der Waals surface area contributed by atoms with Gasteiger partial charge in [0.1, 0.15) is 10.0 Å². The Bertz CT molecular complexity index is 914. The van der Waals surface area contributed by atoms with Crippen LogP contribution in [0.1, 0.15) is 31.2 Å². The Morgan fingerprint density at radius 3 is 2.54 bits per heavy atom. The van der Waals surface area contributed by atoms with E-state index in [1.807, 2.05) is 26.8 Å². The van der Waals surface area contributed by atoms with E-state index in [2.05, 4.69) is 15.6 Å². The van der Waals surface area contributed by atoms with Crippen molar-refractivity contribution in [2.24, 2.45) is 10.1 Å². The molecule has 2 rings (SSSR count). The first-order chi connectivity index (χ1) is 12.6. The van der Waals surface area contributed by atoms with Crippen LogP contribution in [0.3, 0.4) is 0 Å². The molecular formula is C18H26FIN4O2S2.